The summed E-state index contributed by atoms with van der Waals surface area (Å²) in [7, 11) is 3.29. The minimum absolute atomic E-state index is 0.204. The van der Waals surface area contributed by atoms with Crippen LogP contribution in [0.2, 0.25) is 0 Å². The molecule has 2 aromatic rings. The van der Waals surface area contributed by atoms with Crippen LogP contribution in [-0.2, 0) is 17.8 Å². The third kappa shape index (κ3) is 4.22. The zero-order valence-corrected chi connectivity index (χ0v) is 18.1. The quantitative estimate of drug-likeness (QED) is 0.828. The first-order chi connectivity index (χ1) is 14.0. The Balaban J connectivity index is 2.01. The number of amides is 2. The average molecular weight is 418 g/mol. The standard InChI is InChI=1S/C22H28F2N4O2/c1-22(2,3)18(21(30)27(4)5)26-20(29)17-16-8-6-7-11-28(16)19(25-17)13-9-10-14(23)15(24)12-13/h9-10,12,18H,6-8,11H2,1-5H3,(H,26,29)/t18-/m1/s1. The Kier molecular flexibility index (Phi) is 5.97. The number of likely N-dealkylation sites (N-methyl/N-ethyl adjacent to an activating group) is 1. The summed E-state index contributed by atoms with van der Waals surface area (Å²) >= 11 is 0. The van der Waals surface area contributed by atoms with Gasteiger partial charge in [-0.05, 0) is 42.9 Å². The lowest BCUT2D eigenvalue weighted by atomic mass is 9.85. The Morgan fingerprint density at radius 1 is 1.17 bits per heavy atom. The van der Waals surface area contributed by atoms with E-state index in [9.17, 15) is 18.4 Å². The number of hydrogen-bond acceptors (Lipinski definition) is 3. The highest BCUT2D eigenvalue weighted by Gasteiger charge is 2.35. The first kappa shape index (κ1) is 21.9. The molecule has 0 aliphatic carbocycles. The largest absolute Gasteiger partial charge is 0.347 e. The summed E-state index contributed by atoms with van der Waals surface area (Å²) in [6, 6.07) is 2.88. The van der Waals surface area contributed by atoms with Crippen molar-refractivity contribution in [2.75, 3.05) is 14.1 Å². The fourth-order valence-corrected chi connectivity index (χ4v) is 3.69. The molecule has 0 saturated carbocycles. The summed E-state index contributed by atoms with van der Waals surface area (Å²) in [5.74, 6) is -2.11. The first-order valence-electron chi connectivity index (χ1n) is 10.1. The van der Waals surface area contributed by atoms with E-state index in [-0.39, 0.29) is 11.6 Å². The molecule has 3 rings (SSSR count). The number of carbonyl (C=O) groups excluding carboxylic acids is 2. The normalized spacial score (nSPS) is 14.8. The number of halogens is 2. The molecule has 1 aliphatic heterocycles. The minimum Gasteiger partial charge on any atom is -0.347 e. The maximum Gasteiger partial charge on any atom is 0.272 e. The van der Waals surface area contributed by atoms with Gasteiger partial charge in [-0.1, -0.05) is 20.8 Å². The van der Waals surface area contributed by atoms with Crippen molar-refractivity contribution in [3.63, 3.8) is 0 Å². The third-order valence-corrected chi connectivity index (χ3v) is 5.34. The summed E-state index contributed by atoms with van der Waals surface area (Å²) in [6.45, 7) is 6.29. The van der Waals surface area contributed by atoms with E-state index in [4.69, 9.17) is 0 Å². The highest BCUT2D eigenvalue weighted by Crippen LogP contribution is 2.29. The van der Waals surface area contributed by atoms with E-state index >= 15 is 0 Å². The molecule has 1 N–H and O–H groups in total. The molecule has 8 heteroatoms. The van der Waals surface area contributed by atoms with Gasteiger partial charge in [0, 0.05) is 26.2 Å². The predicted molar refractivity (Wildman–Crippen MR) is 110 cm³/mol. The van der Waals surface area contributed by atoms with Crippen LogP contribution in [0.15, 0.2) is 18.2 Å². The van der Waals surface area contributed by atoms with Crippen molar-refractivity contribution < 1.29 is 18.4 Å². The summed E-state index contributed by atoms with van der Waals surface area (Å²) in [6.07, 6.45) is 2.47. The monoisotopic (exact) mass is 418 g/mol. The van der Waals surface area contributed by atoms with Crippen molar-refractivity contribution in [2.45, 2.75) is 52.6 Å². The Labute approximate surface area is 175 Å². The van der Waals surface area contributed by atoms with Crippen molar-refractivity contribution in [1.29, 1.82) is 0 Å². The van der Waals surface area contributed by atoms with Gasteiger partial charge >= 0.3 is 0 Å². The maximum atomic E-state index is 13.8. The molecule has 0 radical (unpaired) electrons. The molecule has 2 amide bonds. The zero-order chi connectivity index (χ0) is 22.2. The van der Waals surface area contributed by atoms with Crippen LogP contribution in [0.4, 0.5) is 8.78 Å². The lowest BCUT2D eigenvalue weighted by Gasteiger charge is -2.32. The highest BCUT2D eigenvalue weighted by molar-refractivity contribution is 5.97. The molecule has 1 aliphatic rings. The van der Waals surface area contributed by atoms with E-state index in [0.717, 1.165) is 30.7 Å². The van der Waals surface area contributed by atoms with Crippen LogP contribution in [0.25, 0.3) is 11.4 Å². The molecule has 0 fully saturated rings. The molecule has 0 unspecified atom stereocenters. The average Bonchev–Trinajstić information content (AvgIpc) is 3.06. The number of nitrogens with one attached hydrogen (secondary N) is 1. The summed E-state index contributed by atoms with van der Waals surface area (Å²) in [5, 5.41) is 2.85. The number of imidazole rings is 1. The number of rotatable bonds is 4. The van der Waals surface area contributed by atoms with Crippen molar-refractivity contribution in [3.8, 4) is 11.4 Å². The van der Waals surface area contributed by atoms with Crippen molar-refractivity contribution in [1.82, 2.24) is 19.8 Å². The Bertz CT molecular complexity index is 976. The minimum atomic E-state index is -0.962. The predicted octanol–water partition coefficient (Wildman–Crippen LogP) is 3.40. The lowest BCUT2D eigenvalue weighted by Crippen LogP contribution is -2.53. The number of benzene rings is 1. The molecule has 6 nitrogen and oxygen atoms in total. The number of aromatic nitrogens is 2. The van der Waals surface area contributed by atoms with E-state index < -0.39 is 29.0 Å². The summed E-state index contributed by atoms with van der Waals surface area (Å²) in [4.78, 5) is 31.8. The SMILES string of the molecule is CN(C)C(=O)[C@@H](NC(=O)c1nc(-c2ccc(F)c(F)c2)n2c1CCCC2)C(C)(C)C. The second-order valence-electron chi connectivity index (χ2n) is 8.97. The smallest absolute Gasteiger partial charge is 0.272 e. The topological polar surface area (TPSA) is 67.2 Å². The molecule has 1 aromatic carbocycles. The van der Waals surface area contributed by atoms with Crippen LogP contribution >= 0.6 is 0 Å². The molecule has 0 saturated heterocycles. The van der Waals surface area contributed by atoms with Gasteiger partial charge < -0.3 is 14.8 Å². The van der Waals surface area contributed by atoms with Gasteiger partial charge in [-0.2, -0.15) is 0 Å². The van der Waals surface area contributed by atoms with Crippen molar-refractivity contribution in [2.24, 2.45) is 5.41 Å². The van der Waals surface area contributed by atoms with Gasteiger partial charge in [0.05, 0.1) is 5.69 Å². The van der Waals surface area contributed by atoms with E-state index in [1.807, 2.05) is 25.3 Å². The Hall–Kier alpha value is -2.77. The van der Waals surface area contributed by atoms with Crippen LogP contribution in [0.3, 0.4) is 0 Å². The fraction of sp³-hybridized carbons (Fsp3) is 0.500. The van der Waals surface area contributed by atoms with Crippen LogP contribution in [-0.4, -0.2) is 46.4 Å². The highest BCUT2D eigenvalue weighted by atomic mass is 19.2. The molecule has 1 aromatic heterocycles. The van der Waals surface area contributed by atoms with Gasteiger partial charge in [0.25, 0.3) is 5.91 Å². The second-order valence-corrected chi connectivity index (χ2v) is 8.97. The van der Waals surface area contributed by atoms with Crippen LogP contribution in [0.1, 0.15) is 49.8 Å². The van der Waals surface area contributed by atoms with Crippen molar-refractivity contribution in [3.05, 3.63) is 41.2 Å². The lowest BCUT2D eigenvalue weighted by molar-refractivity contribution is -0.133. The van der Waals surface area contributed by atoms with Gasteiger partial charge in [0.15, 0.2) is 11.6 Å². The van der Waals surface area contributed by atoms with E-state index in [2.05, 4.69) is 10.3 Å². The molecule has 162 valence electrons. The number of nitrogens with zero attached hydrogens (tertiary/aromatic N) is 3. The van der Waals surface area contributed by atoms with E-state index in [1.54, 1.807) is 14.1 Å². The Morgan fingerprint density at radius 2 is 1.87 bits per heavy atom. The van der Waals surface area contributed by atoms with Crippen LogP contribution in [0, 0.1) is 17.0 Å². The molecular weight excluding hydrogens is 390 g/mol. The second kappa shape index (κ2) is 8.16. The van der Waals surface area contributed by atoms with Crippen molar-refractivity contribution >= 4 is 11.8 Å². The summed E-state index contributed by atoms with van der Waals surface area (Å²) in [5.41, 5.74) is 0.895. The zero-order valence-electron chi connectivity index (χ0n) is 18.1. The van der Waals surface area contributed by atoms with Gasteiger partial charge in [-0.25, -0.2) is 13.8 Å². The first-order valence-corrected chi connectivity index (χ1v) is 10.1. The maximum absolute atomic E-state index is 13.8. The molecular formula is C22H28F2N4O2. The van der Waals surface area contributed by atoms with E-state index in [1.165, 1.54) is 11.0 Å². The molecule has 0 bridgehead atoms. The van der Waals surface area contributed by atoms with Gasteiger partial charge in [0.2, 0.25) is 5.91 Å². The van der Waals surface area contributed by atoms with E-state index in [0.29, 0.717) is 24.4 Å². The summed E-state index contributed by atoms with van der Waals surface area (Å²) < 4.78 is 29.1. The van der Waals surface area contributed by atoms with Gasteiger partial charge in [0.1, 0.15) is 17.6 Å². The number of hydrogen-bond donors (Lipinski definition) is 1. The third-order valence-electron chi connectivity index (χ3n) is 5.34. The van der Waals surface area contributed by atoms with Gasteiger partial charge in [-0.3, -0.25) is 9.59 Å². The molecule has 1 atom stereocenters. The molecule has 30 heavy (non-hydrogen) atoms. The van der Waals surface area contributed by atoms with Crippen LogP contribution < -0.4 is 5.32 Å². The number of carbonyl (C=O) groups is 2. The Morgan fingerprint density at radius 3 is 2.47 bits per heavy atom. The van der Waals surface area contributed by atoms with Gasteiger partial charge in [-0.15, -0.1) is 0 Å². The fourth-order valence-electron chi connectivity index (χ4n) is 3.69. The molecule has 0 spiro atoms. The van der Waals surface area contributed by atoms with Crippen LogP contribution in [0.5, 0.6) is 0 Å². The number of fused-ring (bicyclic) bond motifs is 1. The molecule has 2 heterocycles.